The lowest BCUT2D eigenvalue weighted by atomic mass is 9.78. The van der Waals surface area contributed by atoms with Crippen LogP contribution in [-0.2, 0) is 6.42 Å². The van der Waals surface area contributed by atoms with Gasteiger partial charge in [0, 0.05) is 0 Å². The Morgan fingerprint density at radius 3 is 2.65 bits per heavy atom. The zero-order valence-electron chi connectivity index (χ0n) is 11.0. The monoisotopic (exact) mass is 250 g/mol. The van der Waals surface area contributed by atoms with Gasteiger partial charge in [-0.3, -0.25) is 0 Å². The molecule has 0 heterocycles. The van der Waals surface area contributed by atoms with Crippen molar-refractivity contribution in [3.8, 4) is 0 Å². The molecule has 2 atom stereocenters. The molecule has 17 heavy (non-hydrogen) atoms. The Hall–Kier alpha value is -0.490. The van der Waals surface area contributed by atoms with Crippen LogP contribution in [-0.4, -0.2) is 0 Å². The summed E-state index contributed by atoms with van der Waals surface area (Å²) in [5, 5.41) is 0.237. The van der Waals surface area contributed by atoms with E-state index in [9.17, 15) is 0 Å². The Morgan fingerprint density at radius 1 is 1.24 bits per heavy atom. The Balaban J connectivity index is 2.09. The number of halogens is 1. The van der Waals surface area contributed by atoms with E-state index in [-0.39, 0.29) is 5.38 Å². The number of benzene rings is 1. The zero-order chi connectivity index (χ0) is 12.3. The minimum absolute atomic E-state index is 0.237. The van der Waals surface area contributed by atoms with Crippen molar-refractivity contribution in [1.29, 1.82) is 0 Å². The fourth-order valence-corrected chi connectivity index (χ4v) is 3.50. The maximum absolute atomic E-state index is 6.67. The van der Waals surface area contributed by atoms with Crippen molar-refractivity contribution in [3.05, 3.63) is 35.4 Å². The van der Waals surface area contributed by atoms with E-state index in [0.717, 1.165) is 5.92 Å². The van der Waals surface area contributed by atoms with Gasteiger partial charge < -0.3 is 0 Å². The molecule has 0 spiro atoms. The molecule has 1 aliphatic rings. The van der Waals surface area contributed by atoms with Gasteiger partial charge in [0.25, 0.3) is 0 Å². The van der Waals surface area contributed by atoms with Gasteiger partial charge in [0.1, 0.15) is 0 Å². The highest BCUT2D eigenvalue weighted by Gasteiger charge is 2.28. The van der Waals surface area contributed by atoms with Gasteiger partial charge in [-0.05, 0) is 42.2 Å². The predicted octanol–water partition coefficient (Wildman–Crippen LogP) is 5.36. The Labute approximate surface area is 110 Å². The summed E-state index contributed by atoms with van der Waals surface area (Å²) in [6.07, 6.45) is 6.36. The van der Waals surface area contributed by atoms with E-state index < -0.39 is 0 Å². The maximum Gasteiger partial charge on any atom is 0.0616 e. The summed E-state index contributed by atoms with van der Waals surface area (Å²) in [4.78, 5) is 0. The predicted molar refractivity (Wildman–Crippen MR) is 75.5 cm³/mol. The molecule has 2 rings (SSSR count). The van der Waals surface area contributed by atoms with Gasteiger partial charge in [-0.1, -0.05) is 51.0 Å². The number of aryl methyl sites for hydroxylation is 1. The molecule has 0 saturated carbocycles. The average Bonchev–Trinajstić information content (AvgIpc) is 2.38. The second kappa shape index (κ2) is 5.91. The summed E-state index contributed by atoms with van der Waals surface area (Å²) in [5.74, 6) is 1.53. The Bertz CT molecular complexity index is 354. The first-order valence-electron chi connectivity index (χ1n) is 6.98. The quantitative estimate of drug-likeness (QED) is 0.632. The molecular weight excluding hydrogens is 228 g/mol. The van der Waals surface area contributed by atoms with E-state index in [2.05, 4.69) is 38.1 Å². The van der Waals surface area contributed by atoms with Crippen molar-refractivity contribution < 1.29 is 0 Å². The number of fused-ring (bicyclic) bond motifs is 1. The molecule has 94 valence electrons. The first-order chi connectivity index (χ1) is 8.26. The van der Waals surface area contributed by atoms with E-state index in [1.807, 2.05) is 0 Å². The normalized spacial score (nSPS) is 23.8. The molecule has 0 radical (unpaired) electrons. The Morgan fingerprint density at radius 2 is 1.94 bits per heavy atom. The van der Waals surface area contributed by atoms with E-state index >= 15 is 0 Å². The highest BCUT2D eigenvalue weighted by Crippen LogP contribution is 2.42. The van der Waals surface area contributed by atoms with Crippen molar-refractivity contribution in [2.24, 2.45) is 11.8 Å². The number of hydrogen-bond donors (Lipinski definition) is 0. The minimum Gasteiger partial charge on any atom is -0.118 e. The molecule has 0 bridgehead atoms. The molecule has 0 nitrogen and oxygen atoms in total. The average molecular weight is 251 g/mol. The van der Waals surface area contributed by atoms with Crippen LogP contribution in [0.5, 0.6) is 0 Å². The van der Waals surface area contributed by atoms with Gasteiger partial charge in [0.05, 0.1) is 5.38 Å². The highest BCUT2D eigenvalue weighted by molar-refractivity contribution is 6.21. The molecule has 0 N–H and O–H groups in total. The first-order valence-corrected chi connectivity index (χ1v) is 7.41. The van der Waals surface area contributed by atoms with Crippen molar-refractivity contribution in [2.75, 3.05) is 0 Å². The summed E-state index contributed by atoms with van der Waals surface area (Å²) in [6.45, 7) is 4.60. The van der Waals surface area contributed by atoms with Crippen LogP contribution in [0, 0.1) is 11.8 Å². The smallest absolute Gasteiger partial charge is 0.0616 e. The summed E-state index contributed by atoms with van der Waals surface area (Å²) in [6, 6.07) is 8.70. The van der Waals surface area contributed by atoms with Gasteiger partial charge in [-0.25, -0.2) is 0 Å². The fourth-order valence-electron chi connectivity index (χ4n) is 3.06. The Kier molecular flexibility index (Phi) is 4.50. The second-order valence-electron chi connectivity index (χ2n) is 5.32. The number of hydrogen-bond acceptors (Lipinski definition) is 0. The fraction of sp³-hybridized carbons (Fsp3) is 0.625. The third-order valence-electron chi connectivity index (χ3n) is 4.34. The summed E-state index contributed by atoms with van der Waals surface area (Å²) < 4.78 is 0. The summed E-state index contributed by atoms with van der Waals surface area (Å²) >= 11 is 6.67. The molecular formula is C16H23Cl. The van der Waals surface area contributed by atoms with Crippen molar-refractivity contribution in [3.63, 3.8) is 0 Å². The molecule has 0 fully saturated rings. The first kappa shape index (κ1) is 13.0. The third-order valence-corrected chi connectivity index (χ3v) is 4.93. The van der Waals surface area contributed by atoms with Crippen LogP contribution < -0.4 is 0 Å². The van der Waals surface area contributed by atoms with Crippen LogP contribution in [0.3, 0.4) is 0 Å². The molecule has 0 aromatic heterocycles. The molecule has 0 aliphatic heterocycles. The van der Waals surface area contributed by atoms with E-state index in [1.165, 1.54) is 43.2 Å². The van der Waals surface area contributed by atoms with Gasteiger partial charge >= 0.3 is 0 Å². The molecule has 0 amide bonds. The molecule has 2 unspecified atom stereocenters. The lowest BCUT2D eigenvalue weighted by Gasteiger charge is -2.31. The van der Waals surface area contributed by atoms with E-state index in [1.54, 1.807) is 0 Å². The van der Waals surface area contributed by atoms with Crippen molar-refractivity contribution in [1.82, 2.24) is 0 Å². The SMILES string of the molecule is CCC(CC)CC1CCc2ccccc2C1Cl. The second-order valence-corrected chi connectivity index (χ2v) is 5.79. The minimum atomic E-state index is 0.237. The molecule has 1 aliphatic carbocycles. The van der Waals surface area contributed by atoms with Crippen molar-refractivity contribution in [2.45, 2.75) is 51.3 Å². The maximum atomic E-state index is 6.67. The van der Waals surface area contributed by atoms with E-state index in [4.69, 9.17) is 11.6 Å². The molecule has 0 saturated heterocycles. The lowest BCUT2D eigenvalue weighted by Crippen LogP contribution is -2.19. The number of rotatable bonds is 4. The highest BCUT2D eigenvalue weighted by atomic mass is 35.5. The van der Waals surface area contributed by atoms with Crippen LogP contribution in [0.4, 0.5) is 0 Å². The summed E-state index contributed by atoms with van der Waals surface area (Å²) in [7, 11) is 0. The lowest BCUT2D eigenvalue weighted by molar-refractivity contribution is 0.319. The molecule has 1 heteroatoms. The molecule has 1 aromatic carbocycles. The van der Waals surface area contributed by atoms with Gasteiger partial charge in [0.15, 0.2) is 0 Å². The van der Waals surface area contributed by atoms with Gasteiger partial charge in [0.2, 0.25) is 0 Å². The van der Waals surface area contributed by atoms with Crippen molar-refractivity contribution >= 4 is 11.6 Å². The van der Waals surface area contributed by atoms with Crippen LogP contribution in [0.1, 0.15) is 56.0 Å². The summed E-state index contributed by atoms with van der Waals surface area (Å²) in [5.41, 5.74) is 2.85. The largest absolute Gasteiger partial charge is 0.118 e. The zero-order valence-corrected chi connectivity index (χ0v) is 11.7. The van der Waals surface area contributed by atoms with Crippen LogP contribution >= 0.6 is 11.6 Å². The van der Waals surface area contributed by atoms with E-state index in [0.29, 0.717) is 5.92 Å². The number of alkyl halides is 1. The van der Waals surface area contributed by atoms with Crippen LogP contribution in [0.15, 0.2) is 24.3 Å². The standard InChI is InChI=1S/C16H23Cl/c1-3-12(4-2)11-14-10-9-13-7-5-6-8-15(13)16(14)17/h5-8,12,14,16H,3-4,9-11H2,1-2H3. The molecule has 1 aromatic rings. The van der Waals surface area contributed by atoms with Gasteiger partial charge in [-0.2, -0.15) is 0 Å². The third kappa shape index (κ3) is 2.85. The topological polar surface area (TPSA) is 0 Å². The van der Waals surface area contributed by atoms with Crippen LogP contribution in [0.25, 0.3) is 0 Å². The van der Waals surface area contributed by atoms with Gasteiger partial charge in [-0.15, -0.1) is 11.6 Å². The van der Waals surface area contributed by atoms with Crippen LogP contribution in [0.2, 0.25) is 0 Å².